The summed E-state index contributed by atoms with van der Waals surface area (Å²) in [5.41, 5.74) is 0. The zero-order valence-corrected chi connectivity index (χ0v) is 7.29. The van der Waals surface area contributed by atoms with Crippen LogP contribution in [0.2, 0.25) is 5.82 Å². The molecule has 0 heterocycles. The quantitative estimate of drug-likeness (QED) is 0.431. The lowest BCUT2D eigenvalue weighted by atomic mass is 9.67. The van der Waals surface area contributed by atoms with Gasteiger partial charge < -0.3 is 9.47 Å². The summed E-state index contributed by atoms with van der Waals surface area (Å²) in [6.07, 6.45) is 1.90. The molecule has 0 radical (unpaired) electrons. The standard InChI is InChI=1S/C7H16BNO/c1-6-7(2)8(10-5)9(3)4/h6-7H,1H2,2-5H3. The van der Waals surface area contributed by atoms with E-state index in [1.54, 1.807) is 7.11 Å². The van der Waals surface area contributed by atoms with Crippen LogP contribution in [-0.2, 0) is 4.65 Å². The molecule has 0 saturated carbocycles. The summed E-state index contributed by atoms with van der Waals surface area (Å²) in [7, 11) is 5.85. The van der Waals surface area contributed by atoms with Crippen molar-refractivity contribution >= 4 is 7.05 Å². The second-order valence-electron chi connectivity index (χ2n) is 2.68. The molecule has 0 amide bonds. The molecule has 0 saturated heterocycles. The molecule has 1 atom stereocenters. The minimum absolute atomic E-state index is 0.150. The van der Waals surface area contributed by atoms with E-state index in [1.807, 2.05) is 25.0 Å². The molecule has 0 bridgehead atoms. The molecule has 0 aliphatic carbocycles. The van der Waals surface area contributed by atoms with Crippen molar-refractivity contribution in [3.05, 3.63) is 12.7 Å². The lowest BCUT2D eigenvalue weighted by molar-refractivity contribution is 0.356. The van der Waals surface area contributed by atoms with Crippen LogP contribution in [0.5, 0.6) is 0 Å². The van der Waals surface area contributed by atoms with E-state index >= 15 is 0 Å². The second kappa shape index (κ2) is 4.53. The van der Waals surface area contributed by atoms with Gasteiger partial charge >= 0.3 is 7.05 Å². The zero-order chi connectivity index (χ0) is 8.15. The molecule has 0 fully saturated rings. The van der Waals surface area contributed by atoms with Crippen LogP contribution in [0.1, 0.15) is 6.92 Å². The average Bonchev–Trinajstić information content (AvgIpc) is 1.88. The summed E-state index contributed by atoms with van der Waals surface area (Å²) in [6, 6.07) is 0. The maximum atomic E-state index is 5.22. The van der Waals surface area contributed by atoms with Crippen LogP contribution < -0.4 is 0 Å². The van der Waals surface area contributed by atoms with Gasteiger partial charge in [0.25, 0.3) is 0 Å². The molecule has 0 spiro atoms. The van der Waals surface area contributed by atoms with Crippen molar-refractivity contribution in [1.29, 1.82) is 0 Å². The molecule has 0 aliphatic rings. The fraction of sp³-hybridized carbons (Fsp3) is 0.714. The highest BCUT2D eigenvalue weighted by molar-refractivity contribution is 6.50. The first-order valence-corrected chi connectivity index (χ1v) is 3.45. The van der Waals surface area contributed by atoms with Crippen LogP contribution in [0, 0.1) is 0 Å². The Bertz CT molecular complexity index is 106. The molecule has 0 aromatic carbocycles. The van der Waals surface area contributed by atoms with E-state index in [9.17, 15) is 0 Å². The maximum Gasteiger partial charge on any atom is 0.388 e. The summed E-state index contributed by atoms with van der Waals surface area (Å²) < 4.78 is 5.22. The van der Waals surface area contributed by atoms with Gasteiger partial charge in [0, 0.05) is 7.11 Å². The summed E-state index contributed by atoms with van der Waals surface area (Å²) >= 11 is 0. The predicted octanol–water partition coefficient (Wildman–Crippen LogP) is 1.26. The van der Waals surface area contributed by atoms with Crippen molar-refractivity contribution in [2.24, 2.45) is 0 Å². The van der Waals surface area contributed by atoms with Crippen molar-refractivity contribution in [2.45, 2.75) is 12.7 Å². The first-order valence-electron chi connectivity index (χ1n) is 3.45. The van der Waals surface area contributed by atoms with Gasteiger partial charge in [0.05, 0.1) is 0 Å². The van der Waals surface area contributed by atoms with Gasteiger partial charge in [-0.05, 0) is 19.9 Å². The molecule has 1 unspecified atom stereocenters. The first-order chi connectivity index (χ1) is 4.63. The lowest BCUT2D eigenvalue weighted by Gasteiger charge is -2.21. The third kappa shape index (κ3) is 2.54. The van der Waals surface area contributed by atoms with Gasteiger partial charge in [0.2, 0.25) is 0 Å². The molecule has 0 N–H and O–H groups in total. The van der Waals surface area contributed by atoms with Crippen LogP contribution in [0.3, 0.4) is 0 Å². The van der Waals surface area contributed by atoms with E-state index in [1.165, 1.54) is 0 Å². The van der Waals surface area contributed by atoms with Crippen LogP contribution in [0.15, 0.2) is 12.7 Å². The Morgan fingerprint density at radius 1 is 1.60 bits per heavy atom. The number of hydrogen-bond donors (Lipinski definition) is 0. The van der Waals surface area contributed by atoms with Crippen LogP contribution in [0.4, 0.5) is 0 Å². The Morgan fingerprint density at radius 3 is 2.20 bits per heavy atom. The minimum atomic E-state index is 0.150. The molecule has 10 heavy (non-hydrogen) atoms. The normalized spacial score (nSPS) is 13.3. The third-order valence-corrected chi connectivity index (χ3v) is 1.57. The lowest BCUT2D eigenvalue weighted by Crippen LogP contribution is -2.37. The SMILES string of the molecule is C=CC(C)B(OC)N(C)C. The Labute approximate surface area is 64.0 Å². The summed E-state index contributed by atoms with van der Waals surface area (Å²) in [6.45, 7) is 5.79. The fourth-order valence-electron chi connectivity index (χ4n) is 1.01. The molecule has 0 aromatic heterocycles. The highest BCUT2D eigenvalue weighted by atomic mass is 16.4. The van der Waals surface area contributed by atoms with Crippen LogP contribution in [-0.4, -0.2) is 33.1 Å². The van der Waals surface area contributed by atoms with E-state index in [0.717, 1.165) is 0 Å². The van der Waals surface area contributed by atoms with E-state index in [4.69, 9.17) is 4.65 Å². The van der Waals surface area contributed by atoms with Gasteiger partial charge in [0.15, 0.2) is 0 Å². The largest absolute Gasteiger partial charge is 0.424 e. The molecule has 2 nitrogen and oxygen atoms in total. The smallest absolute Gasteiger partial charge is 0.388 e. The predicted molar refractivity (Wildman–Crippen MR) is 46.1 cm³/mol. The number of rotatable bonds is 4. The summed E-state index contributed by atoms with van der Waals surface area (Å²) in [4.78, 5) is 2.03. The minimum Gasteiger partial charge on any atom is -0.424 e. The summed E-state index contributed by atoms with van der Waals surface area (Å²) in [5, 5.41) is 0. The Morgan fingerprint density at radius 2 is 2.10 bits per heavy atom. The Balaban J connectivity index is 3.92. The number of allylic oxidation sites excluding steroid dienone is 1. The van der Waals surface area contributed by atoms with Crippen molar-refractivity contribution in [3.8, 4) is 0 Å². The Kier molecular flexibility index (Phi) is 4.40. The molecule has 3 heteroatoms. The average molecular weight is 141 g/mol. The molecule has 0 aliphatic heterocycles. The van der Waals surface area contributed by atoms with Crippen molar-refractivity contribution in [1.82, 2.24) is 4.81 Å². The second-order valence-corrected chi connectivity index (χ2v) is 2.68. The van der Waals surface area contributed by atoms with Gasteiger partial charge in [-0.1, -0.05) is 13.0 Å². The van der Waals surface area contributed by atoms with Crippen molar-refractivity contribution in [3.63, 3.8) is 0 Å². The van der Waals surface area contributed by atoms with Crippen LogP contribution in [0.25, 0.3) is 0 Å². The first kappa shape index (κ1) is 9.72. The van der Waals surface area contributed by atoms with E-state index in [2.05, 4.69) is 13.5 Å². The number of hydrogen-bond acceptors (Lipinski definition) is 2. The van der Waals surface area contributed by atoms with E-state index < -0.39 is 0 Å². The van der Waals surface area contributed by atoms with Crippen molar-refractivity contribution in [2.75, 3.05) is 21.2 Å². The van der Waals surface area contributed by atoms with Gasteiger partial charge in [-0.3, -0.25) is 0 Å². The molecule has 58 valence electrons. The molecule has 0 aromatic rings. The summed E-state index contributed by atoms with van der Waals surface area (Å²) in [5.74, 6) is 0.375. The van der Waals surface area contributed by atoms with Gasteiger partial charge in [0.1, 0.15) is 0 Å². The topological polar surface area (TPSA) is 12.5 Å². The van der Waals surface area contributed by atoms with Gasteiger partial charge in [-0.25, -0.2) is 0 Å². The van der Waals surface area contributed by atoms with Crippen LogP contribution >= 0.6 is 0 Å². The van der Waals surface area contributed by atoms with Gasteiger partial charge in [-0.2, -0.15) is 0 Å². The highest BCUT2D eigenvalue weighted by Crippen LogP contribution is 2.11. The molecular weight excluding hydrogens is 125 g/mol. The van der Waals surface area contributed by atoms with Gasteiger partial charge in [-0.15, -0.1) is 6.58 Å². The van der Waals surface area contributed by atoms with Crippen molar-refractivity contribution < 1.29 is 4.65 Å². The fourth-order valence-corrected chi connectivity index (χ4v) is 1.01. The monoisotopic (exact) mass is 141 g/mol. The zero-order valence-electron chi connectivity index (χ0n) is 7.29. The van der Waals surface area contributed by atoms with E-state index in [-0.39, 0.29) is 7.05 Å². The van der Waals surface area contributed by atoms with E-state index in [0.29, 0.717) is 5.82 Å². The maximum absolute atomic E-state index is 5.22. The Hall–Kier alpha value is -0.275. The number of nitrogens with zero attached hydrogens (tertiary/aromatic N) is 1. The molecule has 0 rings (SSSR count). The third-order valence-electron chi connectivity index (χ3n) is 1.57. The highest BCUT2D eigenvalue weighted by Gasteiger charge is 2.22. The molecular formula is C7H16BNO.